The van der Waals surface area contributed by atoms with E-state index in [1.54, 1.807) is 31.2 Å². The topological polar surface area (TPSA) is 87.7 Å². The number of hydrogen-bond donors (Lipinski definition) is 3. The third-order valence-corrected chi connectivity index (χ3v) is 4.43. The smallest absolute Gasteiger partial charge is 0.341 e. The first-order valence-corrected chi connectivity index (χ1v) is 9.07. The quantitative estimate of drug-likeness (QED) is 0.520. The number of aliphatic hydroxyl groups excluding tert-OH is 1. The van der Waals surface area contributed by atoms with Crippen LogP contribution in [0.1, 0.15) is 55.8 Å². The minimum atomic E-state index is -0.846. The van der Waals surface area contributed by atoms with Crippen LogP contribution in [-0.2, 0) is 9.53 Å². The highest BCUT2D eigenvalue weighted by Crippen LogP contribution is 2.19. The van der Waals surface area contributed by atoms with Crippen molar-refractivity contribution in [2.45, 2.75) is 57.6 Å². The largest absolute Gasteiger partial charge is 0.449 e. The second kappa shape index (κ2) is 10.0. The fraction of sp³-hybridized carbons (Fsp3) is 0.579. The van der Waals surface area contributed by atoms with E-state index in [9.17, 15) is 9.59 Å². The minimum Gasteiger partial charge on any atom is -0.449 e. The number of amides is 1. The van der Waals surface area contributed by atoms with Crippen LogP contribution in [0.5, 0.6) is 0 Å². The number of ether oxygens (including phenoxy) is 1. The Morgan fingerprint density at radius 3 is 2.56 bits per heavy atom. The molecule has 3 N–H and O–H groups in total. The van der Waals surface area contributed by atoms with Crippen molar-refractivity contribution in [1.82, 2.24) is 5.32 Å². The van der Waals surface area contributed by atoms with Crippen molar-refractivity contribution in [3.8, 4) is 0 Å². The Morgan fingerprint density at radius 2 is 1.88 bits per heavy atom. The molecular weight excluding hydrogens is 320 g/mol. The molecule has 0 bridgehead atoms. The molecule has 138 valence electrons. The van der Waals surface area contributed by atoms with Crippen LogP contribution in [0, 0.1) is 0 Å². The fourth-order valence-electron chi connectivity index (χ4n) is 3.03. The molecule has 1 atom stereocenters. The normalized spacial score (nSPS) is 16.6. The van der Waals surface area contributed by atoms with E-state index in [2.05, 4.69) is 10.6 Å². The van der Waals surface area contributed by atoms with E-state index in [4.69, 9.17) is 9.84 Å². The first-order valence-electron chi connectivity index (χ1n) is 9.07. The molecule has 25 heavy (non-hydrogen) atoms. The molecule has 1 aliphatic rings. The van der Waals surface area contributed by atoms with Crippen LogP contribution in [0.25, 0.3) is 0 Å². The number of carbonyl (C=O) groups is 2. The summed E-state index contributed by atoms with van der Waals surface area (Å²) in [5.41, 5.74) is 0.933. The van der Waals surface area contributed by atoms with Gasteiger partial charge in [-0.25, -0.2) is 4.79 Å². The van der Waals surface area contributed by atoms with E-state index in [1.165, 1.54) is 12.8 Å². The Balaban J connectivity index is 1.91. The number of para-hydroxylation sites is 1. The van der Waals surface area contributed by atoms with Crippen molar-refractivity contribution < 1.29 is 19.4 Å². The summed E-state index contributed by atoms with van der Waals surface area (Å²) in [4.78, 5) is 24.7. The Hall–Kier alpha value is -2.08. The average Bonchev–Trinajstić information content (AvgIpc) is 2.88. The van der Waals surface area contributed by atoms with Crippen molar-refractivity contribution in [3.05, 3.63) is 29.8 Å². The molecule has 1 saturated carbocycles. The summed E-state index contributed by atoms with van der Waals surface area (Å²) in [5.74, 6) is -0.800. The van der Waals surface area contributed by atoms with E-state index in [-0.39, 0.29) is 18.6 Å². The van der Waals surface area contributed by atoms with Gasteiger partial charge in [-0.1, -0.05) is 37.8 Å². The van der Waals surface area contributed by atoms with E-state index in [0.717, 1.165) is 25.7 Å². The summed E-state index contributed by atoms with van der Waals surface area (Å²) in [7, 11) is 0. The van der Waals surface area contributed by atoms with E-state index in [1.807, 2.05) is 0 Å². The lowest BCUT2D eigenvalue weighted by Gasteiger charge is -2.20. The highest BCUT2D eigenvalue weighted by atomic mass is 16.5. The maximum atomic E-state index is 12.4. The summed E-state index contributed by atoms with van der Waals surface area (Å²) >= 11 is 0. The zero-order valence-corrected chi connectivity index (χ0v) is 14.8. The number of carbonyl (C=O) groups excluding carboxylic acids is 2. The van der Waals surface area contributed by atoms with Gasteiger partial charge in [0.1, 0.15) is 0 Å². The van der Waals surface area contributed by atoms with Crippen molar-refractivity contribution in [2.75, 3.05) is 18.5 Å². The SMILES string of the molecule is C[C@H](OC(=O)c1ccccc1NCCO)C(=O)NC1CCCCCC1. The molecule has 6 heteroatoms. The van der Waals surface area contributed by atoms with Crippen LogP contribution in [0.15, 0.2) is 24.3 Å². The number of benzene rings is 1. The molecule has 2 rings (SSSR count). The summed E-state index contributed by atoms with van der Waals surface area (Å²) in [5, 5.41) is 14.9. The van der Waals surface area contributed by atoms with Crippen LogP contribution in [0.2, 0.25) is 0 Å². The molecular formula is C19H28N2O4. The molecule has 0 radical (unpaired) electrons. The highest BCUT2D eigenvalue weighted by molar-refractivity contribution is 5.97. The van der Waals surface area contributed by atoms with Gasteiger partial charge in [0.15, 0.2) is 6.10 Å². The standard InChI is InChI=1S/C19H28N2O4/c1-14(18(23)21-15-8-4-2-3-5-9-15)25-19(24)16-10-6-7-11-17(16)20-12-13-22/h6-7,10-11,14-15,20,22H,2-5,8-9,12-13H2,1H3,(H,21,23)/t14-/m0/s1. The zero-order valence-electron chi connectivity index (χ0n) is 14.8. The molecule has 1 aromatic rings. The predicted molar refractivity (Wildman–Crippen MR) is 96.5 cm³/mol. The van der Waals surface area contributed by atoms with Gasteiger partial charge in [0, 0.05) is 18.3 Å². The van der Waals surface area contributed by atoms with Gasteiger partial charge in [-0.15, -0.1) is 0 Å². The van der Waals surface area contributed by atoms with E-state index >= 15 is 0 Å². The van der Waals surface area contributed by atoms with Crippen molar-refractivity contribution in [1.29, 1.82) is 0 Å². The molecule has 0 aliphatic heterocycles. The maximum Gasteiger partial charge on any atom is 0.341 e. The van der Waals surface area contributed by atoms with Crippen LogP contribution < -0.4 is 10.6 Å². The monoisotopic (exact) mass is 348 g/mol. The third kappa shape index (κ3) is 6.05. The van der Waals surface area contributed by atoms with Gasteiger partial charge in [-0.2, -0.15) is 0 Å². The molecule has 1 aliphatic carbocycles. The molecule has 0 aromatic heterocycles. The van der Waals surface area contributed by atoms with Crippen molar-refractivity contribution in [3.63, 3.8) is 0 Å². The first-order chi connectivity index (χ1) is 12.1. The van der Waals surface area contributed by atoms with Crippen LogP contribution in [0.4, 0.5) is 5.69 Å². The van der Waals surface area contributed by atoms with Crippen molar-refractivity contribution >= 4 is 17.6 Å². The second-order valence-electron chi connectivity index (χ2n) is 6.44. The zero-order chi connectivity index (χ0) is 18.1. The molecule has 0 heterocycles. The fourth-order valence-corrected chi connectivity index (χ4v) is 3.03. The maximum absolute atomic E-state index is 12.4. The van der Waals surface area contributed by atoms with Crippen LogP contribution in [0.3, 0.4) is 0 Å². The third-order valence-electron chi connectivity index (χ3n) is 4.43. The molecule has 0 saturated heterocycles. The van der Waals surface area contributed by atoms with E-state index < -0.39 is 12.1 Å². The summed E-state index contributed by atoms with van der Waals surface area (Å²) in [6.45, 7) is 1.89. The molecule has 0 unspecified atom stereocenters. The van der Waals surface area contributed by atoms with Crippen molar-refractivity contribution in [2.24, 2.45) is 0 Å². The minimum absolute atomic E-state index is 0.0381. The Labute approximate surface area is 149 Å². The second-order valence-corrected chi connectivity index (χ2v) is 6.44. The molecule has 0 spiro atoms. The predicted octanol–water partition coefficient (Wildman–Crippen LogP) is 2.48. The van der Waals surface area contributed by atoms with Gasteiger partial charge in [-0.05, 0) is 31.9 Å². The lowest BCUT2D eigenvalue weighted by molar-refractivity contribution is -0.129. The summed E-state index contributed by atoms with van der Waals surface area (Å²) in [6, 6.07) is 7.07. The number of nitrogens with one attached hydrogen (secondary N) is 2. The number of aliphatic hydroxyl groups is 1. The van der Waals surface area contributed by atoms with Gasteiger partial charge in [0.25, 0.3) is 5.91 Å². The average molecular weight is 348 g/mol. The Morgan fingerprint density at radius 1 is 1.20 bits per heavy atom. The Kier molecular flexibility index (Phi) is 7.73. The number of rotatable bonds is 7. The Bertz CT molecular complexity index is 568. The van der Waals surface area contributed by atoms with Gasteiger partial charge in [0.2, 0.25) is 0 Å². The lowest BCUT2D eigenvalue weighted by Crippen LogP contribution is -2.41. The molecule has 1 aromatic carbocycles. The highest BCUT2D eigenvalue weighted by Gasteiger charge is 2.23. The molecule has 6 nitrogen and oxygen atoms in total. The van der Waals surface area contributed by atoms with E-state index in [0.29, 0.717) is 17.8 Å². The lowest BCUT2D eigenvalue weighted by atomic mass is 10.1. The number of anilines is 1. The first kappa shape index (κ1) is 19.2. The van der Waals surface area contributed by atoms with Gasteiger partial charge >= 0.3 is 5.97 Å². The van der Waals surface area contributed by atoms with Gasteiger partial charge < -0.3 is 20.5 Å². The molecule has 1 amide bonds. The molecule has 1 fully saturated rings. The summed E-state index contributed by atoms with van der Waals surface area (Å²) < 4.78 is 5.34. The number of esters is 1. The number of hydrogen-bond acceptors (Lipinski definition) is 5. The van der Waals surface area contributed by atoms with Crippen LogP contribution >= 0.6 is 0 Å². The van der Waals surface area contributed by atoms with Gasteiger partial charge in [-0.3, -0.25) is 4.79 Å². The van der Waals surface area contributed by atoms with Crippen LogP contribution in [-0.4, -0.2) is 42.3 Å². The van der Waals surface area contributed by atoms with Gasteiger partial charge in [0.05, 0.1) is 12.2 Å². The summed E-state index contributed by atoms with van der Waals surface area (Å²) in [6.07, 6.45) is 5.82.